The van der Waals surface area contributed by atoms with Gasteiger partial charge in [-0.05, 0) is 234 Å². The zero-order valence-electron chi connectivity index (χ0n) is 79.1. The fourth-order valence-electron chi connectivity index (χ4n) is 20.4. The van der Waals surface area contributed by atoms with E-state index in [2.05, 4.69) is 104 Å². The lowest BCUT2D eigenvalue weighted by molar-refractivity contribution is -0.0174. The van der Waals surface area contributed by atoms with Gasteiger partial charge >= 0.3 is 0 Å². The lowest BCUT2D eigenvalue weighted by Crippen LogP contribution is -2.35. The maximum Gasteiger partial charge on any atom is 0.222 e. The molecule has 0 saturated heterocycles. The number of rotatable bonds is 30. The Kier molecular flexibility index (Phi) is 31.0. The molecule has 4 aromatic heterocycles. The van der Waals surface area contributed by atoms with E-state index in [4.69, 9.17) is 37.9 Å². The smallest absolute Gasteiger partial charge is 0.222 e. The van der Waals surface area contributed by atoms with Gasteiger partial charge in [-0.15, -0.1) is 19.6 Å². The van der Waals surface area contributed by atoms with Gasteiger partial charge in [-0.3, -0.25) is 0 Å². The van der Waals surface area contributed by atoms with Gasteiger partial charge in [0.1, 0.15) is 57.9 Å². The Morgan fingerprint density at radius 1 is 0.378 bits per heavy atom. The standard InChI is InChI=1S/C35H34FN3O4.C31H38FN3O4.C23H15F3N2O4.C21H22FN3O4/c36-29-19-27(34-28(20-29)23-42-24-43-34)22-39-32-16-15-30(21-31(32)33(37-41)35(39)40)38(17-7-13-25-9-3-1-4-10-25)18-8-14-26-11-5-2-6-12-26;32-25-13-23(30-24(14-25)19-38-20-39-30)18-35-28-12-11-26(15-27(28)29(33-37)31(35)36)34(16-21-7-3-1-4-8-21)17-22-9-5-2-6-10-22;24-15-2-4-17(19(26)8-15)12-1-3-18-20(7-12)28(23(29)21(18)27-30)9-13-5-16(25)6-14-10-31-11-32-22(13)14;1-12(2)8-23-16-3-4-18-17(7-16)19(24-27)21(26)25(18)9-13-5-15(22)6-14-10-28-11-29-20(13)14/h1-6,9-12,15-16,19-21,40H,7-8,13-14,17-18,22-24H2;11-15,21-22,36H,1-10,16-20H2;1-8,29H,9-11H2;3-7,12,23,26H,8-11H2,1-2H3. The predicted octanol–water partition coefficient (Wildman–Crippen LogP) is 26.2. The highest BCUT2D eigenvalue weighted by Gasteiger charge is 2.32. The number of aryl methyl sites for hydroxylation is 2. The van der Waals surface area contributed by atoms with Crippen molar-refractivity contribution in [2.24, 2.45) is 38.5 Å². The fraction of sp³-hybridized carbons (Fsp3) is 0.327. The van der Waals surface area contributed by atoms with Crippen molar-refractivity contribution in [1.29, 1.82) is 0 Å². The van der Waals surface area contributed by atoms with Crippen molar-refractivity contribution < 1.29 is 84.7 Å². The average molecular weight is 1960 g/mol. The van der Waals surface area contributed by atoms with Crippen molar-refractivity contribution in [3.05, 3.63) is 310 Å². The fourth-order valence-corrected chi connectivity index (χ4v) is 20.4. The third-order valence-electron chi connectivity index (χ3n) is 27.3. The van der Waals surface area contributed by atoms with Gasteiger partial charge < -0.3 is 91.7 Å². The third-order valence-corrected chi connectivity index (χ3v) is 27.3. The summed E-state index contributed by atoms with van der Waals surface area (Å²) in [4.78, 5) is 51.7. The second kappa shape index (κ2) is 45.0. The summed E-state index contributed by atoms with van der Waals surface area (Å²) in [5, 5.41) is 61.3. The van der Waals surface area contributed by atoms with E-state index in [0.717, 1.165) is 87.6 Å². The van der Waals surface area contributed by atoms with Gasteiger partial charge in [0.15, 0.2) is 49.9 Å². The molecular weight excluding hydrogens is 1850 g/mol. The predicted molar refractivity (Wildman–Crippen MR) is 535 cm³/mol. The second-order valence-electron chi connectivity index (χ2n) is 37.4. The van der Waals surface area contributed by atoms with Gasteiger partial charge in [-0.1, -0.05) is 119 Å². The summed E-state index contributed by atoms with van der Waals surface area (Å²) in [6.45, 7) is 10.2. The van der Waals surface area contributed by atoms with Crippen molar-refractivity contribution in [2.45, 2.75) is 156 Å². The molecule has 0 bridgehead atoms. The van der Waals surface area contributed by atoms with Gasteiger partial charge in [0.05, 0.1) is 74.7 Å². The maximum absolute atomic E-state index is 14.4. The summed E-state index contributed by atoms with van der Waals surface area (Å²) in [5.41, 5.74) is 12.5. The minimum absolute atomic E-state index is 0.000818. The van der Waals surface area contributed by atoms with Gasteiger partial charge in [0.2, 0.25) is 23.5 Å². The van der Waals surface area contributed by atoms with Crippen LogP contribution in [-0.4, -0.2) is 98.6 Å². The number of benzene rings is 11. The van der Waals surface area contributed by atoms with Crippen LogP contribution >= 0.6 is 0 Å². The highest BCUT2D eigenvalue weighted by Crippen LogP contribution is 2.49. The summed E-state index contributed by atoms with van der Waals surface area (Å²) >= 11 is 0. The first kappa shape index (κ1) is 98.4. The van der Waals surface area contributed by atoms with Crippen LogP contribution in [0.15, 0.2) is 221 Å². The van der Waals surface area contributed by atoms with Gasteiger partial charge in [0.25, 0.3) is 0 Å². The number of fused-ring (bicyclic) bond motifs is 8. The van der Waals surface area contributed by atoms with Gasteiger partial charge in [0, 0.05) is 127 Å². The largest absolute Gasteiger partial charge is 0.493 e. The monoisotopic (exact) mass is 1950 g/mol. The van der Waals surface area contributed by atoms with E-state index in [1.54, 1.807) is 27.3 Å². The number of nitroso groups, excluding NO2 is 4. The van der Waals surface area contributed by atoms with Crippen molar-refractivity contribution in [2.75, 3.05) is 75.0 Å². The number of halogens is 6. The first-order chi connectivity index (χ1) is 69.6. The Morgan fingerprint density at radius 3 is 1.13 bits per heavy atom. The lowest BCUT2D eigenvalue weighted by atomic mass is 9.86. The minimum atomic E-state index is -0.756. The van der Waals surface area contributed by atoms with E-state index in [-0.39, 0.29) is 126 Å². The number of aromatic hydroxyl groups is 4. The van der Waals surface area contributed by atoms with Crippen LogP contribution in [0.5, 0.6) is 46.5 Å². The zero-order valence-corrected chi connectivity index (χ0v) is 79.1. The van der Waals surface area contributed by atoms with Crippen molar-refractivity contribution in [3.8, 4) is 57.6 Å². The van der Waals surface area contributed by atoms with Crippen LogP contribution in [0.3, 0.4) is 0 Å². The molecule has 8 heterocycles. The Hall–Kier alpha value is -14.8. The molecule has 15 aromatic rings. The molecule has 21 rings (SSSR count). The van der Waals surface area contributed by atoms with E-state index in [1.165, 1.54) is 145 Å². The lowest BCUT2D eigenvalue weighted by Gasteiger charge is -2.35. The molecule has 2 aliphatic carbocycles. The molecule has 6 aliphatic rings. The summed E-state index contributed by atoms with van der Waals surface area (Å²) in [7, 11) is 0. The molecule has 0 atom stereocenters. The van der Waals surface area contributed by atoms with Crippen LogP contribution in [0.25, 0.3) is 54.7 Å². The number of nitrogens with zero attached hydrogens (tertiary/aromatic N) is 10. The SMILES string of the molecule is CC(C)CNc1ccc2c(c1)c(N=O)c(O)n2Cc1cc(F)cc2c1OCOC2.O=Nc1c(O)n(Cc2cc(F)cc3c2OCOC3)c2cc(-c3ccc(F)cc3F)ccc12.O=Nc1c(O)n(Cc2cc(F)cc3c2OCOC3)c2ccc(N(CC3CCCCC3)CC3CCCCC3)cc12.O=Nc1c(O)n(Cc2cc(F)cc3c2OCOC3)c2ccc(N(CCCc3ccccc3)CCCc3ccccc3)cc12. The highest BCUT2D eigenvalue weighted by molar-refractivity contribution is 6.00. The Morgan fingerprint density at radius 2 is 0.748 bits per heavy atom. The van der Waals surface area contributed by atoms with Gasteiger partial charge in [-0.25, -0.2) is 26.3 Å². The van der Waals surface area contributed by atoms with Crippen molar-refractivity contribution in [3.63, 3.8) is 0 Å². The Labute approximate surface area is 819 Å². The quantitative estimate of drug-likeness (QED) is 0.0206. The zero-order chi connectivity index (χ0) is 99.3. The van der Waals surface area contributed by atoms with Crippen LogP contribution in [0.1, 0.15) is 147 Å². The average Bonchev–Trinajstić information content (AvgIpc) is 1.63. The molecule has 0 radical (unpaired) electrons. The molecule has 143 heavy (non-hydrogen) atoms. The van der Waals surface area contributed by atoms with Gasteiger partial charge in [-0.2, -0.15) is 0 Å². The summed E-state index contributed by atoms with van der Waals surface area (Å²) in [5.74, 6) is -0.476. The van der Waals surface area contributed by atoms with Crippen LogP contribution in [0.4, 0.5) is 66.2 Å². The van der Waals surface area contributed by atoms with E-state index in [9.17, 15) is 66.4 Å². The summed E-state index contributed by atoms with van der Waals surface area (Å²) in [6, 6.07) is 57.0. The van der Waals surface area contributed by atoms with E-state index >= 15 is 0 Å². The maximum atomic E-state index is 14.4. The molecule has 27 nitrogen and oxygen atoms in total. The molecule has 5 N–H and O–H groups in total. The molecule has 4 aliphatic heterocycles. The van der Waals surface area contributed by atoms with Crippen LogP contribution < -0.4 is 34.1 Å². The number of hydrogen-bond donors (Lipinski definition) is 5. The van der Waals surface area contributed by atoms with E-state index in [0.29, 0.717) is 134 Å². The number of ether oxygens (including phenoxy) is 8. The molecule has 11 aromatic carbocycles. The highest BCUT2D eigenvalue weighted by atomic mass is 19.2. The van der Waals surface area contributed by atoms with Crippen LogP contribution in [0.2, 0.25) is 0 Å². The van der Waals surface area contributed by atoms with Crippen molar-refractivity contribution in [1.82, 2.24) is 18.3 Å². The summed E-state index contributed by atoms with van der Waals surface area (Å²) < 4.78 is 134. The molecule has 0 unspecified atom stereocenters. The molecule has 0 spiro atoms. The minimum Gasteiger partial charge on any atom is -0.493 e. The van der Waals surface area contributed by atoms with Crippen molar-refractivity contribution >= 4 is 83.4 Å². The van der Waals surface area contributed by atoms with Crippen LogP contribution in [0, 0.1) is 72.3 Å². The molecule has 0 amide bonds. The number of nitrogens with one attached hydrogen (secondary N) is 1. The topological polar surface area (TPSA) is 311 Å². The molecule has 742 valence electrons. The number of anilines is 3. The van der Waals surface area contributed by atoms with E-state index < -0.39 is 40.8 Å². The second-order valence-corrected chi connectivity index (χ2v) is 37.4. The number of hydrogen-bond acceptors (Lipinski definition) is 23. The Balaban J connectivity index is 0.000000127. The number of aromatic nitrogens is 4. The van der Waals surface area contributed by atoms with Crippen LogP contribution in [-0.2, 0) is 84.4 Å². The third kappa shape index (κ3) is 22.3. The first-order valence-electron chi connectivity index (χ1n) is 48.2. The normalized spacial score (nSPS) is 14.5. The molecular formula is C110H109F6N11O16. The first-order valence-corrected chi connectivity index (χ1v) is 48.2. The molecule has 2 fully saturated rings. The van der Waals surface area contributed by atoms with E-state index in [1.807, 2.05) is 54.6 Å². The molecule has 2 saturated carbocycles. The molecule has 33 heteroatoms. The summed E-state index contributed by atoms with van der Waals surface area (Å²) in [6.07, 6.45) is 16.8. The Bertz CT molecular complexity index is 7100.